The molecule has 9 nitrogen and oxygen atoms in total. The van der Waals surface area contributed by atoms with Gasteiger partial charge in [-0.3, -0.25) is 14.4 Å². The van der Waals surface area contributed by atoms with E-state index in [0.29, 0.717) is 27.3 Å². The number of benzene rings is 1. The monoisotopic (exact) mass is 568 g/mol. The maximum absolute atomic E-state index is 14.4. The Kier molecular flexibility index (Phi) is 9.47. The lowest BCUT2D eigenvalue weighted by molar-refractivity contribution is -0.192. The molecule has 1 atom stereocenters. The van der Waals surface area contributed by atoms with Crippen molar-refractivity contribution in [2.75, 3.05) is 19.6 Å². The van der Waals surface area contributed by atoms with Gasteiger partial charge in [-0.1, -0.05) is 6.07 Å². The number of halogens is 7. The molecule has 0 aliphatic carbocycles. The summed E-state index contributed by atoms with van der Waals surface area (Å²) in [6.45, 7) is 2.67. The van der Waals surface area contributed by atoms with Crippen LogP contribution in [0, 0.1) is 19.7 Å². The number of aromatic nitrogens is 2. The summed E-state index contributed by atoms with van der Waals surface area (Å²) in [7, 11) is 0. The summed E-state index contributed by atoms with van der Waals surface area (Å²) in [6.07, 6.45) is -9.42. The van der Waals surface area contributed by atoms with Crippen molar-refractivity contribution >= 4 is 17.8 Å². The molecule has 1 aromatic heterocycles. The van der Waals surface area contributed by atoms with E-state index in [0.717, 1.165) is 11.0 Å². The van der Waals surface area contributed by atoms with Gasteiger partial charge in [-0.25, -0.2) is 14.3 Å². The highest BCUT2D eigenvalue weighted by Crippen LogP contribution is 2.23. The van der Waals surface area contributed by atoms with E-state index in [2.05, 4.69) is 10.2 Å². The molecule has 2 N–H and O–H groups in total. The van der Waals surface area contributed by atoms with Crippen LogP contribution in [-0.4, -0.2) is 80.9 Å². The molecule has 2 amide bonds. The van der Waals surface area contributed by atoms with Crippen LogP contribution in [0.2, 0.25) is 0 Å². The third-order valence-corrected chi connectivity index (χ3v) is 5.80. The zero-order valence-corrected chi connectivity index (χ0v) is 20.7. The SMILES string of the molecule is Cc1c(Cc2ccc(F)c(C(=O)N3CC(=O)N(CC(F)(F)F)C(C)C3)c2)n[nH]c(=O)c1C.O=C(O)C(F)(F)F. The number of H-pyrrole nitrogens is 1. The molecule has 0 radical (unpaired) electrons. The largest absolute Gasteiger partial charge is 0.490 e. The van der Waals surface area contributed by atoms with Crippen molar-refractivity contribution in [3.8, 4) is 0 Å². The van der Waals surface area contributed by atoms with E-state index in [1.54, 1.807) is 13.8 Å². The number of piperazine rings is 1. The Morgan fingerprint density at radius 3 is 2.21 bits per heavy atom. The van der Waals surface area contributed by atoms with Crippen LogP contribution in [0.5, 0.6) is 0 Å². The van der Waals surface area contributed by atoms with Gasteiger partial charge >= 0.3 is 18.3 Å². The van der Waals surface area contributed by atoms with Crippen LogP contribution < -0.4 is 5.56 Å². The lowest BCUT2D eigenvalue weighted by Gasteiger charge is -2.39. The zero-order chi connectivity index (χ0) is 29.9. The van der Waals surface area contributed by atoms with E-state index in [9.17, 15) is 45.1 Å². The average molecular weight is 568 g/mol. The number of carbonyl (C=O) groups excluding carboxylic acids is 2. The number of carbonyl (C=O) groups is 3. The molecule has 1 aliphatic heterocycles. The molecule has 16 heteroatoms. The van der Waals surface area contributed by atoms with Gasteiger partial charge in [0.15, 0.2) is 0 Å². The van der Waals surface area contributed by atoms with E-state index in [-0.39, 0.29) is 24.1 Å². The van der Waals surface area contributed by atoms with Gasteiger partial charge < -0.3 is 14.9 Å². The molecule has 2 heterocycles. The molecule has 3 rings (SSSR count). The molecule has 1 fully saturated rings. The Bertz CT molecular complexity index is 1310. The van der Waals surface area contributed by atoms with Crippen LogP contribution in [-0.2, 0) is 16.0 Å². The van der Waals surface area contributed by atoms with E-state index in [1.807, 2.05) is 0 Å². The molecular formula is C23H23F7N4O5. The fraction of sp³-hybridized carbons (Fsp3) is 0.435. The van der Waals surface area contributed by atoms with E-state index in [4.69, 9.17) is 9.90 Å². The lowest BCUT2D eigenvalue weighted by Crippen LogP contribution is -2.58. The molecule has 214 valence electrons. The first-order valence-electron chi connectivity index (χ1n) is 11.1. The molecular weight excluding hydrogens is 545 g/mol. The van der Waals surface area contributed by atoms with Crippen molar-refractivity contribution < 1.29 is 50.2 Å². The highest BCUT2D eigenvalue weighted by Gasteiger charge is 2.40. The minimum absolute atomic E-state index is 0.149. The van der Waals surface area contributed by atoms with Crippen molar-refractivity contribution in [2.45, 2.75) is 45.6 Å². The average Bonchev–Trinajstić information content (AvgIpc) is 2.81. The number of hydrogen-bond donors (Lipinski definition) is 2. The second kappa shape index (κ2) is 11.8. The van der Waals surface area contributed by atoms with Gasteiger partial charge in [0.2, 0.25) is 5.91 Å². The lowest BCUT2D eigenvalue weighted by atomic mass is 10.0. The third-order valence-electron chi connectivity index (χ3n) is 5.80. The fourth-order valence-corrected chi connectivity index (χ4v) is 3.63. The summed E-state index contributed by atoms with van der Waals surface area (Å²) >= 11 is 0. The number of aliphatic carboxylic acids is 1. The summed E-state index contributed by atoms with van der Waals surface area (Å²) < 4.78 is 84.3. The second-order valence-corrected chi connectivity index (χ2v) is 8.71. The Morgan fingerprint density at radius 1 is 1.10 bits per heavy atom. The number of nitrogens with one attached hydrogen (secondary N) is 1. The van der Waals surface area contributed by atoms with Crippen LogP contribution in [0.3, 0.4) is 0 Å². The molecule has 0 spiro atoms. The zero-order valence-electron chi connectivity index (χ0n) is 20.7. The van der Waals surface area contributed by atoms with Crippen molar-refractivity contribution in [3.63, 3.8) is 0 Å². The van der Waals surface area contributed by atoms with Crippen LogP contribution in [0.25, 0.3) is 0 Å². The summed E-state index contributed by atoms with van der Waals surface area (Å²) in [5.41, 5.74) is 1.67. The van der Waals surface area contributed by atoms with Crippen LogP contribution in [0.15, 0.2) is 23.0 Å². The van der Waals surface area contributed by atoms with E-state index >= 15 is 0 Å². The first-order valence-corrected chi connectivity index (χ1v) is 11.1. The first kappa shape index (κ1) is 31.2. The predicted octanol–water partition coefficient (Wildman–Crippen LogP) is 2.99. The van der Waals surface area contributed by atoms with E-state index in [1.165, 1.54) is 19.1 Å². The second-order valence-electron chi connectivity index (χ2n) is 8.71. The maximum Gasteiger partial charge on any atom is 0.490 e. The molecule has 1 aromatic carbocycles. The van der Waals surface area contributed by atoms with Crippen LogP contribution in [0.1, 0.15) is 39.7 Å². The molecule has 1 unspecified atom stereocenters. The number of aromatic amines is 1. The smallest absolute Gasteiger partial charge is 0.475 e. The summed E-state index contributed by atoms with van der Waals surface area (Å²) in [6, 6.07) is 3.05. The van der Waals surface area contributed by atoms with Crippen molar-refractivity contribution in [1.82, 2.24) is 20.0 Å². The molecule has 2 aromatic rings. The molecule has 1 aliphatic rings. The maximum atomic E-state index is 14.4. The highest BCUT2D eigenvalue weighted by atomic mass is 19.4. The van der Waals surface area contributed by atoms with Gasteiger partial charge in [0.1, 0.15) is 18.9 Å². The Hall–Kier alpha value is -3.98. The van der Waals surface area contributed by atoms with Gasteiger partial charge in [-0.15, -0.1) is 0 Å². The number of alkyl halides is 6. The minimum atomic E-state index is -5.08. The molecule has 0 saturated carbocycles. The summed E-state index contributed by atoms with van der Waals surface area (Å²) in [5, 5.41) is 13.5. The molecule has 1 saturated heterocycles. The fourth-order valence-electron chi connectivity index (χ4n) is 3.63. The number of carboxylic acids is 1. The van der Waals surface area contributed by atoms with E-state index < -0.39 is 55.1 Å². The van der Waals surface area contributed by atoms with Crippen molar-refractivity contribution in [1.29, 1.82) is 0 Å². The van der Waals surface area contributed by atoms with Gasteiger partial charge in [-0.05, 0) is 44.0 Å². The Labute approximate surface area is 216 Å². The summed E-state index contributed by atoms with van der Waals surface area (Å²) in [4.78, 5) is 47.4. The summed E-state index contributed by atoms with van der Waals surface area (Å²) in [5.74, 6) is -5.19. The van der Waals surface area contributed by atoms with Gasteiger partial charge in [0.25, 0.3) is 11.5 Å². The number of amides is 2. The minimum Gasteiger partial charge on any atom is -0.475 e. The quantitative estimate of drug-likeness (QED) is 0.547. The van der Waals surface area contributed by atoms with Crippen molar-refractivity contribution in [2.24, 2.45) is 0 Å². The van der Waals surface area contributed by atoms with Crippen molar-refractivity contribution in [3.05, 3.63) is 62.3 Å². The van der Waals surface area contributed by atoms with Gasteiger partial charge in [0.05, 0.1) is 11.3 Å². The van der Waals surface area contributed by atoms with Gasteiger partial charge in [0, 0.05) is 24.6 Å². The molecule has 39 heavy (non-hydrogen) atoms. The number of carboxylic acid groups (broad SMARTS) is 1. The first-order chi connectivity index (χ1) is 17.8. The van der Waals surface area contributed by atoms with Crippen LogP contribution >= 0.6 is 0 Å². The van der Waals surface area contributed by atoms with Gasteiger partial charge in [-0.2, -0.15) is 31.4 Å². The standard InChI is InChI=1S/C21H22F4N4O3.C2HF3O2/c1-11-8-28(9-18(30)29(11)10-21(23,24)25)20(32)15-6-14(4-5-16(15)22)7-17-12(2)13(3)19(31)27-26-17;3-2(4,5)1(6)7/h4-6,11H,7-10H2,1-3H3,(H,27,31);(H,6,7). The number of nitrogens with zero attached hydrogens (tertiary/aromatic N) is 3. The number of rotatable bonds is 4. The topological polar surface area (TPSA) is 124 Å². The highest BCUT2D eigenvalue weighted by molar-refractivity contribution is 5.97. The predicted molar refractivity (Wildman–Crippen MR) is 120 cm³/mol. The normalized spacial score (nSPS) is 16.1. The number of hydrogen-bond acceptors (Lipinski definition) is 5. The Balaban J connectivity index is 0.000000673. The van der Waals surface area contributed by atoms with Crippen LogP contribution in [0.4, 0.5) is 30.7 Å². The Morgan fingerprint density at radius 2 is 1.69 bits per heavy atom. The molecule has 0 bridgehead atoms. The third kappa shape index (κ3) is 8.25.